The number of fused-ring (bicyclic) bond motifs is 1. The molecule has 114 valence electrons. The molecule has 0 radical (unpaired) electrons. The summed E-state index contributed by atoms with van der Waals surface area (Å²) in [4.78, 5) is 12.1. The Morgan fingerprint density at radius 3 is 2.76 bits per heavy atom. The maximum absolute atomic E-state index is 12.1. The van der Waals surface area contributed by atoms with Gasteiger partial charge in [0, 0.05) is 11.2 Å². The van der Waals surface area contributed by atoms with Crippen molar-refractivity contribution < 1.29 is 22.7 Å². The molecule has 1 heterocycles. The van der Waals surface area contributed by atoms with Crippen molar-refractivity contribution in [2.45, 2.75) is 12.6 Å². The number of nitrogens with two attached hydrogens (primary N) is 1. The predicted molar refractivity (Wildman–Crippen MR) is 75.8 cm³/mol. The highest BCUT2D eigenvalue weighted by atomic mass is 32.1. The molecule has 3 N–H and O–H groups in total. The summed E-state index contributed by atoms with van der Waals surface area (Å²) in [5.74, 6) is -0.0874. The van der Waals surface area contributed by atoms with Crippen LogP contribution in [0.1, 0.15) is 16.1 Å². The maximum Gasteiger partial charge on any atom is 0.390 e. The first-order valence-corrected chi connectivity index (χ1v) is 6.85. The molecule has 0 aliphatic rings. The molecule has 2 rings (SSSR count). The van der Waals surface area contributed by atoms with E-state index in [1.54, 1.807) is 18.2 Å². The number of halogens is 3. The number of hydrogen-bond acceptors (Lipinski definition) is 4. The zero-order valence-corrected chi connectivity index (χ0v) is 11.9. The van der Waals surface area contributed by atoms with E-state index in [2.05, 4.69) is 5.32 Å². The van der Waals surface area contributed by atoms with Crippen molar-refractivity contribution in [3.05, 3.63) is 23.1 Å². The van der Waals surface area contributed by atoms with Crippen LogP contribution in [-0.4, -0.2) is 25.7 Å². The van der Waals surface area contributed by atoms with Crippen LogP contribution in [0, 0.1) is 0 Å². The first-order valence-electron chi connectivity index (χ1n) is 6.03. The van der Waals surface area contributed by atoms with E-state index in [1.807, 2.05) is 0 Å². The zero-order valence-electron chi connectivity index (χ0n) is 11.1. The maximum atomic E-state index is 12.1. The van der Waals surface area contributed by atoms with Crippen molar-refractivity contribution >= 4 is 33.0 Å². The normalized spacial score (nSPS) is 11.6. The second-order valence-corrected chi connectivity index (χ2v) is 5.35. The third-order valence-corrected chi connectivity index (χ3v) is 4.00. The fourth-order valence-corrected chi connectivity index (χ4v) is 2.93. The molecule has 8 heteroatoms. The van der Waals surface area contributed by atoms with Crippen LogP contribution in [0.5, 0.6) is 5.75 Å². The molecule has 0 saturated heterocycles. The van der Waals surface area contributed by atoms with Crippen LogP contribution in [0.4, 0.5) is 18.9 Å². The molecule has 21 heavy (non-hydrogen) atoms. The van der Waals surface area contributed by atoms with E-state index >= 15 is 0 Å². The van der Waals surface area contributed by atoms with Crippen molar-refractivity contribution in [1.29, 1.82) is 0 Å². The van der Waals surface area contributed by atoms with Gasteiger partial charge in [-0.15, -0.1) is 11.3 Å². The number of ether oxygens (including phenoxy) is 1. The Kier molecular flexibility index (Phi) is 4.26. The lowest BCUT2D eigenvalue weighted by molar-refractivity contribution is -0.132. The first-order chi connectivity index (χ1) is 9.83. The molecular weight excluding hydrogens is 305 g/mol. The number of anilines is 1. The average Bonchev–Trinajstić information content (AvgIpc) is 2.75. The SMILES string of the molecule is COc1cccc2sc(C(=O)NCCC(F)(F)F)c(N)c12. The van der Waals surface area contributed by atoms with Crippen molar-refractivity contribution in [1.82, 2.24) is 5.32 Å². The molecule has 1 aromatic heterocycles. The first kappa shape index (κ1) is 15.4. The van der Waals surface area contributed by atoms with Gasteiger partial charge in [0.15, 0.2) is 0 Å². The highest BCUT2D eigenvalue weighted by Gasteiger charge is 2.27. The molecule has 0 spiro atoms. The number of benzene rings is 1. The van der Waals surface area contributed by atoms with Gasteiger partial charge in [0.05, 0.1) is 24.6 Å². The van der Waals surface area contributed by atoms with Gasteiger partial charge in [0.1, 0.15) is 10.6 Å². The van der Waals surface area contributed by atoms with Crippen molar-refractivity contribution in [2.75, 3.05) is 19.4 Å². The molecule has 0 bridgehead atoms. The van der Waals surface area contributed by atoms with Crippen LogP contribution in [0.15, 0.2) is 18.2 Å². The minimum Gasteiger partial charge on any atom is -0.496 e. The number of amides is 1. The van der Waals surface area contributed by atoms with Crippen LogP contribution in [0.2, 0.25) is 0 Å². The molecule has 0 atom stereocenters. The third-order valence-electron chi connectivity index (χ3n) is 2.83. The summed E-state index contributed by atoms with van der Waals surface area (Å²) in [7, 11) is 1.48. The van der Waals surface area contributed by atoms with Gasteiger partial charge in [0.2, 0.25) is 0 Å². The summed E-state index contributed by atoms with van der Waals surface area (Å²) in [5.41, 5.74) is 6.14. The Balaban J connectivity index is 2.22. The van der Waals surface area contributed by atoms with E-state index in [-0.39, 0.29) is 10.6 Å². The second kappa shape index (κ2) is 5.80. The lowest BCUT2D eigenvalue weighted by Gasteiger charge is -2.07. The molecule has 0 aliphatic carbocycles. The lowest BCUT2D eigenvalue weighted by atomic mass is 10.2. The van der Waals surface area contributed by atoms with Crippen molar-refractivity contribution in [3.63, 3.8) is 0 Å². The molecule has 0 fully saturated rings. The minimum absolute atomic E-state index is 0.191. The fourth-order valence-electron chi connectivity index (χ4n) is 1.88. The highest BCUT2D eigenvalue weighted by Crippen LogP contribution is 2.39. The summed E-state index contributed by atoms with van der Waals surface area (Å²) in [6.45, 7) is -0.479. The van der Waals surface area contributed by atoms with E-state index in [0.717, 1.165) is 16.0 Å². The van der Waals surface area contributed by atoms with Gasteiger partial charge >= 0.3 is 6.18 Å². The highest BCUT2D eigenvalue weighted by molar-refractivity contribution is 7.21. The third kappa shape index (κ3) is 3.38. The number of thiophene rings is 1. The van der Waals surface area contributed by atoms with Crippen molar-refractivity contribution in [2.24, 2.45) is 0 Å². The van der Waals surface area contributed by atoms with Gasteiger partial charge in [-0.05, 0) is 12.1 Å². The lowest BCUT2D eigenvalue weighted by Crippen LogP contribution is -2.27. The number of alkyl halides is 3. The van der Waals surface area contributed by atoms with Crippen LogP contribution in [-0.2, 0) is 0 Å². The molecule has 2 aromatic rings. The number of hydrogen-bond donors (Lipinski definition) is 2. The molecule has 1 amide bonds. The smallest absolute Gasteiger partial charge is 0.390 e. The predicted octanol–water partition coefficient (Wildman–Crippen LogP) is 3.17. The van der Waals surface area contributed by atoms with Crippen LogP contribution >= 0.6 is 11.3 Å². The summed E-state index contributed by atoms with van der Waals surface area (Å²) in [6, 6.07) is 5.23. The largest absolute Gasteiger partial charge is 0.496 e. The Morgan fingerprint density at radius 1 is 1.43 bits per heavy atom. The van der Waals surface area contributed by atoms with Crippen LogP contribution in [0.25, 0.3) is 10.1 Å². The van der Waals surface area contributed by atoms with Crippen LogP contribution < -0.4 is 15.8 Å². The molecule has 0 aliphatic heterocycles. The topological polar surface area (TPSA) is 64.3 Å². The zero-order chi connectivity index (χ0) is 15.6. The van der Waals surface area contributed by atoms with Gasteiger partial charge in [-0.25, -0.2) is 0 Å². The summed E-state index contributed by atoms with van der Waals surface area (Å²) in [5, 5.41) is 2.83. The Bertz CT molecular complexity index is 667. The number of carbonyl (C=O) groups excluding carboxylic acids is 1. The van der Waals surface area contributed by atoms with E-state index < -0.39 is 25.0 Å². The Labute approximate surface area is 122 Å². The molecule has 4 nitrogen and oxygen atoms in total. The number of methoxy groups -OCH3 is 1. The molecule has 0 saturated carbocycles. The quantitative estimate of drug-likeness (QED) is 0.910. The number of nitrogen functional groups attached to an aromatic ring is 1. The summed E-state index contributed by atoms with van der Waals surface area (Å²) >= 11 is 1.12. The van der Waals surface area contributed by atoms with Gasteiger partial charge in [-0.2, -0.15) is 13.2 Å². The Hall–Kier alpha value is -1.96. The molecule has 0 unspecified atom stereocenters. The molecular formula is C13H13F3N2O2S. The number of rotatable bonds is 4. The van der Waals surface area contributed by atoms with Crippen LogP contribution in [0.3, 0.4) is 0 Å². The van der Waals surface area contributed by atoms with Gasteiger partial charge in [-0.3, -0.25) is 4.79 Å². The second-order valence-electron chi connectivity index (χ2n) is 4.30. The standard InChI is InChI=1S/C13H13F3N2O2S/c1-20-7-3-2-4-8-9(7)10(17)11(21-8)12(19)18-6-5-13(14,15)16/h2-4H,5-6,17H2,1H3,(H,18,19). The molecule has 1 aromatic carbocycles. The number of nitrogens with one attached hydrogen (secondary N) is 1. The Morgan fingerprint density at radius 2 is 2.14 bits per heavy atom. The average molecular weight is 318 g/mol. The minimum atomic E-state index is -4.30. The van der Waals surface area contributed by atoms with Crippen molar-refractivity contribution in [3.8, 4) is 5.75 Å². The van der Waals surface area contributed by atoms with E-state index in [4.69, 9.17) is 10.5 Å². The summed E-state index contributed by atoms with van der Waals surface area (Å²) < 4.78 is 42.1. The van der Waals surface area contributed by atoms with Gasteiger partial charge in [0.25, 0.3) is 5.91 Å². The summed E-state index contributed by atoms with van der Waals surface area (Å²) in [6.07, 6.45) is -5.38. The monoisotopic (exact) mass is 318 g/mol. The van der Waals surface area contributed by atoms with Gasteiger partial charge in [-0.1, -0.05) is 6.07 Å². The van der Waals surface area contributed by atoms with E-state index in [0.29, 0.717) is 11.1 Å². The van der Waals surface area contributed by atoms with Gasteiger partial charge < -0.3 is 15.8 Å². The van der Waals surface area contributed by atoms with E-state index in [9.17, 15) is 18.0 Å². The fraction of sp³-hybridized carbons (Fsp3) is 0.308. The number of carbonyl (C=O) groups is 1. The van der Waals surface area contributed by atoms with E-state index in [1.165, 1.54) is 7.11 Å².